The SMILES string of the molecule is C[C@@H]1OC(=O)[C@@H]2O[C@@H](CC[C@H]2COC(=O)CSCCC(=O)O)[C@H](C)OC(=O)[C@@H]2O[C@@H](CC[C@H]2COC(=O)CSCCC(=O)O)[C@H](C)OC(=O)[C@@H]2O[C@H]1CC[C@H]2COC(=O)CSCCC(=O)O. The van der Waals surface area contributed by atoms with E-state index < -0.39 is 126 Å². The van der Waals surface area contributed by atoms with E-state index in [1.807, 2.05) is 0 Å². The molecule has 372 valence electrons. The molecule has 0 saturated carbocycles. The lowest BCUT2D eigenvalue weighted by atomic mass is 9.89. The van der Waals surface area contributed by atoms with Crippen LogP contribution in [-0.4, -0.2) is 178 Å². The second kappa shape index (κ2) is 27.8. The minimum Gasteiger partial charge on any atom is -0.481 e. The molecule has 4 heterocycles. The van der Waals surface area contributed by atoms with Gasteiger partial charge in [0.1, 0.15) is 18.3 Å². The molecule has 0 aliphatic carbocycles. The average Bonchev–Trinajstić information content (AvgIpc) is 3.27. The van der Waals surface area contributed by atoms with Crippen molar-refractivity contribution in [3.05, 3.63) is 0 Å². The quantitative estimate of drug-likeness (QED) is 0.0845. The lowest BCUT2D eigenvalue weighted by Gasteiger charge is -2.41. The lowest BCUT2D eigenvalue weighted by Crippen LogP contribution is -2.53. The number of fused-ring (bicyclic) bond motifs is 6. The summed E-state index contributed by atoms with van der Waals surface area (Å²) in [6.45, 7) is 4.01. The molecule has 66 heavy (non-hydrogen) atoms. The topological polar surface area (TPSA) is 297 Å². The first kappa shape index (κ1) is 54.8. The second-order valence-corrected chi connectivity index (χ2v) is 19.7. The summed E-state index contributed by atoms with van der Waals surface area (Å²) in [6, 6.07) is 0. The molecule has 0 unspecified atom stereocenters. The van der Waals surface area contributed by atoms with Crippen molar-refractivity contribution >= 4 is 89.0 Å². The number of rotatable bonds is 21. The number of aliphatic carboxylic acids is 3. The molecule has 4 saturated heterocycles. The Bertz CT molecular complexity index is 1510. The van der Waals surface area contributed by atoms with Crippen molar-refractivity contribution in [2.75, 3.05) is 54.3 Å². The molecule has 0 amide bonds. The molecule has 24 heteroatoms. The second-order valence-electron chi connectivity index (χ2n) is 16.4. The maximum Gasteiger partial charge on any atom is 0.336 e. The van der Waals surface area contributed by atoms with Gasteiger partial charge in [0, 0.05) is 35.0 Å². The smallest absolute Gasteiger partial charge is 0.336 e. The van der Waals surface area contributed by atoms with E-state index in [1.54, 1.807) is 20.8 Å². The number of carbonyl (C=O) groups excluding carboxylic acids is 6. The first-order valence-electron chi connectivity index (χ1n) is 21.8. The Morgan fingerprint density at radius 3 is 0.970 bits per heavy atom. The molecule has 0 aromatic rings. The van der Waals surface area contributed by atoms with E-state index >= 15 is 0 Å². The van der Waals surface area contributed by atoms with Gasteiger partial charge in [0.15, 0.2) is 18.3 Å². The van der Waals surface area contributed by atoms with Crippen LogP contribution >= 0.6 is 35.3 Å². The zero-order valence-corrected chi connectivity index (χ0v) is 39.5. The van der Waals surface area contributed by atoms with Gasteiger partial charge in [-0.25, -0.2) is 14.4 Å². The van der Waals surface area contributed by atoms with E-state index in [0.29, 0.717) is 0 Å². The number of ether oxygens (including phenoxy) is 9. The van der Waals surface area contributed by atoms with Gasteiger partial charge in [0.25, 0.3) is 0 Å². The van der Waals surface area contributed by atoms with Crippen molar-refractivity contribution in [1.82, 2.24) is 0 Å². The maximum atomic E-state index is 14.0. The number of cyclic esters (lactones) is 3. The van der Waals surface area contributed by atoms with Crippen LogP contribution in [0, 0.1) is 17.8 Å². The van der Waals surface area contributed by atoms with Gasteiger partial charge in [-0.1, -0.05) is 0 Å². The van der Waals surface area contributed by atoms with Crippen LogP contribution in [0.2, 0.25) is 0 Å². The average molecular weight is 997 g/mol. The maximum absolute atomic E-state index is 14.0. The first-order chi connectivity index (χ1) is 31.4. The van der Waals surface area contributed by atoms with Gasteiger partial charge in [-0.2, -0.15) is 0 Å². The number of thioether (sulfide) groups is 3. The number of esters is 6. The van der Waals surface area contributed by atoms with Gasteiger partial charge in [-0.05, 0) is 59.3 Å². The molecule has 0 aromatic carbocycles. The highest BCUT2D eigenvalue weighted by atomic mass is 32.2. The number of hydrogen-bond acceptors (Lipinski definition) is 21. The summed E-state index contributed by atoms with van der Waals surface area (Å²) >= 11 is 3.25. The number of carboxylic acid groups (broad SMARTS) is 3. The van der Waals surface area contributed by atoms with Gasteiger partial charge >= 0.3 is 53.7 Å². The molecule has 3 N–H and O–H groups in total. The predicted molar refractivity (Wildman–Crippen MR) is 232 cm³/mol. The van der Waals surface area contributed by atoms with Crippen LogP contribution in [0.4, 0.5) is 0 Å². The number of carbonyl (C=O) groups is 9. The monoisotopic (exact) mass is 996 g/mol. The molecule has 4 rings (SSSR count). The number of hydrogen-bond donors (Lipinski definition) is 3. The fourth-order valence-electron chi connectivity index (χ4n) is 7.63. The van der Waals surface area contributed by atoms with Gasteiger partial charge in [0.05, 0.1) is 74.7 Å². The zero-order valence-electron chi connectivity index (χ0n) is 37.1. The molecule has 6 bridgehead atoms. The van der Waals surface area contributed by atoms with E-state index in [-0.39, 0.29) is 112 Å². The summed E-state index contributed by atoms with van der Waals surface area (Å²) in [5, 5.41) is 26.7. The highest BCUT2D eigenvalue weighted by Gasteiger charge is 2.47. The van der Waals surface area contributed by atoms with Crippen molar-refractivity contribution in [2.24, 2.45) is 17.8 Å². The molecule has 4 fully saturated rings. The van der Waals surface area contributed by atoms with Crippen LogP contribution in [0.3, 0.4) is 0 Å². The van der Waals surface area contributed by atoms with Crippen molar-refractivity contribution < 1.29 is 101 Å². The third-order valence-electron chi connectivity index (χ3n) is 11.3. The Labute approximate surface area is 394 Å². The predicted octanol–water partition coefficient (Wildman–Crippen LogP) is 2.54. The Kier molecular flexibility index (Phi) is 23.1. The van der Waals surface area contributed by atoms with E-state index in [4.69, 9.17) is 58.0 Å². The van der Waals surface area contributed by atoms with E-state index in [2.05, 4.69) is 0 Å². The fourth-order valence-corrected chi connectivity index (χ4v) is 9.77. The molecular weight excluding hydrogens is 937 g/mol. The van der Waals surface area contributed by atoms with Crippen molar-refractivity contribution in [3.8, 4) is 0 Å². The van der Waals surface area contributed by atoms with Crippen LogP contribution in [-0.2, 0) is 85.8 Å². The third kappa shape index (κ3) is 18.3. The van der Waals surface area contributed by atoms with Crippen molar-refractivity contribution in [3.63, 3.8) is 0 Å². The van der Waals surface area contributed by atoms with E-state index in [9.17, 15) is 43.2 Å². The Morgan fingerprint density at radius 2 is 0.727 bits per heavy atom. The van der Waals surface area contributed by atoms with Gasteiger partial charge in [-0.15, -0.1) is 35.3 Å². The van der Waals surface area contributed by atoms with Crippen LogP contribution in [0.1, 0.15) is 78.6 Å². The summed E-state index contributed by atoms with van der Waals surface area (Å²) in [6.07, 6.45) is -8.14. The molecular formula is C42H60O21S3. The molecule has 4 aliphatic rings. The fraction of sp³-hybridized carbons (Fsp3) is 0.786. The molecule has 0 radical (unpaired) electrons. The molecule has 12 atom stereocenters. The summed E-state index contributed by atoms with van der Waals surface area (Å²) in [5.74, 6) is -9.29. The Hall–Kier alpha value is -3.84. The minimum atomic E-state index is -1.32. The summed E-state index contributed by atoms with van der Waals surface area (Å²) in [4.78, 5) is 112. The normalized spacial score (nSPS) is 30.5. The molecule has 21 nitrogen and oxygen atoms in total. The highest BCUT2D eigenvalue weighted by Crippen LogP contribution is 2.35. The van der Waals surface area contributed by atoms with Crippen LogP contribution < -0.4 is 0 Å². The van der Waals surface area contributed by atoms with Crippen LogP contribution in [0.15, 0.2) is 0 Å². The van der Waals surface area contributed by atoms with Gasteiger partial charge in [0.2, 0.25) is 0 Å². The van der Waals surface area contributed by atoms with Gasteiger partial charge in [-0.3, -0.25) is 28.8 Å². The summed E-state index contributed by atoms with van der Waals surface area (Å²) in [7, 11) is 0. The molecule has 0 aromatic heterocycles. The van der Waals surface area contributed by atoms with Crippen molar-refractivity contribution in [1.29, 1.82) is 0 Å². The van der Waals surface area contributed by atoms with E-state index in [0.717, 1.165) is 35.3 Å². The molecule has 4 aliphatic heterocycles. The van der Waals surface area contributed by atoms with Crippen LogP contribution in [0.25, 0.3) is 0 Å². The lowest BCUT2D eigenvalue weighted by molar-refractivity contribution is -0.220. The largest absolute Gasteiger partial charge is 0.481 e. The zero-order chi connectivity index (χ0) is 48.3. The standard InChI is InChI=1S/C42H60O21S3/c1-22-28-7-4-25(16-55-34(49)19-64-13-10-31(43)44)38(61-28)41(53)59-24(3)30-9-6-27(18-57-36(51)21-66-15-12-33(47)48)39(63-30)42(54)60-23(2)29-8-5-26(37(62-29)40(52)58-22)17-56-35(50)20-65-14-11-32(45)46/h22-30,37-39H,4-21H2,1-3H3,(H,43,44)(H,45,46)(H,47,48)/t22-,23-,24-,25-,26-,27-,28-,29-,30-,37+,38+,39+/m0/s1. The summed E-state index contributed by atoms with van der Waals surface area (Å²) < 4.78 is 53.1. The van der Waals surface area contributed by atoms with Crippen LogP contribution in [0.5, 0.6) is 0 Å². The van der Waals surface area contributed by atoms with Gasteiger partial charge < -0.3 is 58.0 Å². The third-order valence-corrected chi connectivity index (χ3v) is 14.1. The first-order valence-corrected chi connectivity index (χ1v) is 25.3. The Morgan fingerprint density at radius 1 is 0.470 bits per heavy atom. The van der Waals surface area contributed by atoms with E-state index in [1.165, 1.54) is 0 Å². The molecule has 0 spiro atoms. The minimum absolute atomic E-state index is 0.119. The number of carboxylic acids is 3. The Balaban J connectivity index is 1.55. The highest BCUT2D eigenvalue weighted by molar-refractivity contribution is 8.00. The summed E-state index contributed by atoms with van der Waals surface area (Å²) in [5.41, 5.74) is 0. The van der Waals surface area contributed by atoms with Crippen molar-refractivity contribution in [2.45, 2.75) is 133 Å².